The van der Waals surface area contributed by atoms with Crippen molar-refractivity contribution in [3.8, 4) is 0 Å². The van der Waals surface area contributed by atoms with Gasteiger partial charge in [-0.25, -0.2) is 0 Å². The van der Waals surface area contributed by atoms with Crippen LogP contribution in [0.2, 0.25) is 0 Å². The van der Waals surface area contributed by atoms with Gasteiger partial charge in [-0.15, -0.1) is 0 Å². The van der Waals surface area contributed by atoms with Crippen LogP contribution in [0.5, 0.6) is 0 Å². The lowest BCUT2D eigenvalue weighted by Gasteiger charge is -2.24. The number of nitrogens with two attached hydrogens (primary N) is 2. The summed E-state index contributed by atoms with van der Waals surface area (Å²) in [5.41, 5.74) is 5.30. The summed E-state index contributed by atoms with van der Waals surface area (Å²) in [5, 5.41) is 13.7. The minimum atomic E-state index is -1.03. The summed E-state index contributed by atoms with van der Waals surface area (Å²) in [6.45, 7) is 3.38. The molecule has 0 saturated carbocycles. The summed E-state index contributed by atoms with van der Waals surface area (Å²) in [6, 6.07) is -0.914. The topological polar surface area (TPSA) is 89.3 Å². The normalized spacial score (nSPS) is 14.8. The molecule has 0 amide bonds. The van der Waals surface area contributed by atoms with E-state index in [0.717, 1.165) is 11.9 Å². The second-order valence-corrected chi connectivity index (χ2v) is 3.83. The minimum Gasteiger partial charge on any atom is -0.480 e. The summed E-state index contributed by atoms with van der Waals surface area (Å²) < 4.78 is -0.605. The zero-order valence-corrected chi connectivity index (χ0v) is 6.81. The number of rotatable bonds is 3. The van der Waals surface area contributed by atoms with E-state index in [9.17, 15) is 4.79 Å². The van der Waals surface area contributed by atoms with Gasteiger partial charge in [0.1, 0.15) is 6.04 Å². The SMILES string of the molecule is CC(C)(SN)C(N)C(=O)O. The Kier molecular flexibility index (Phi) is 3.14. The third kappa shape index (κ3) is 2.17. The molecule has 0 fully saturated rings. The molecule has 0 aromatic carbocycles. The highest BCUT2D eigenvalue weighted by molar-refractivity contribution is 7.98. The van der Waals surface area contributed by atoms with Gasteiger partial charge in [0.2, 0.25) is 0 Å². The Morgan fingerprint density at radius 2 is 2.10 bits per heavy atom. The van der Waals surface area contributed by atoms with Crippen LogP contribution >= 0.6 is 11.9 Å². The Balaban J connectivity index is 4.17. The van der Waals surface area contributed by atoms with Crippen molar-refractivity contribution in [1.29, 1.82) is 0 Å². The lowest BCUT2D eigenvalue weighted by atomic mass is 10.1. The third-order valence-electron chi connectivity index (χ3n) is 1.32. The monoisotopic (exact) mass is 164 g/mol. The predicted octanol–water partition coefficient (Wildman–Crippen LogP) is -0.216. The second kappa shape index (κ2) is 3.23. The average molecular weight is 164 g/mol. The first-order valence-electron chi connectivity index (χ1n) is 2.78. The molecular weight excluding hydrogens is 152 g/mol. The number of carboxylic acids is 1. The van der Waals surface area contributed by atoms with Crippen LogP contribution in [-0.4, -0.2) is 21.9 Å². The zero-order chi connectivity index (χ0) is 8.36. The van der Waals surface area contributed by atoms with E-state index in [-0.39, 0.29) is 0 Å². The maximum Gasteiger partial charge on any atom is 0.321 e. The van der Waals surface area contributed by atoms with E-state index in [1.807, 2.05) is 0 Å². The van der Waals surface area contributed by atoms with Crippen LogP contribution in [0.4, 0.5) is 0 Å². The maximum absolute atomic E-state index is 10.3. The fourth-order valence-corrected chi connectivity index (χ4v) is 0.618. The van der Waals surface area contributed by atoms with Crippen molar-refractivity contribution in [2.24, 2.45) is 10.9 Å². The highest BCUT2D eigenvalue weighted by Crippen LogP contribution is 2.21. The molecule has 0 aromatic heterocycles. The van der Waals surface area contributed by atoms with E-state index >= 15 is 0 Å². The van der Waals surface area contributed by atoms with Gasteiger partial charge in [-0.1, -0.05) is 11.9 Å². The molecule has 0 aliphatic heterocycles. The van der Waals surface area contributed by atoms with Gasteiger partial charge in [-0.05, 0) is 13.8 Å². The highest BCUT2D eigenvalue weighted by Gasteiger charge is 2.31. The molecule has 0 aliphatic carbocycles. The van der Waals surface area contributed by atoms with Gasteiger partial charge in [0, 0.05) is 0 Å². The van der Waals surface area contributed by atoms with Crippen molar-refractivity contribution >= 4 is 17.9 Å². The second-order valence-electron chi connectivity index (χ2n) is 2.54. The third-order valence-corrected chi connectivity index (χ3v) is 2.18. The molecule has 5 N–H and O–H groups in total. The number of carbonyl (C=O) groups is 1. The van der Waals surface area contributed by atoms with Crippen LogP contribution < -0.4 is 10.9 Å². The van der Waals surface area contributed by atoms with Gasteiger partial charge in [0.05, 0.1) is 4.75 Å². The highest BCUT2D eigenvalue weighted by atomic mass is 32.2. The Bertz CT molecular complexity index is 138. The fourth-order valence-electron chi connectivity index (χ4n) is 0.371. The number of carboxylic acid groups (broad SMARTS) is 1. The summed E-state index contributed by atoms with van der Waals surface area (Å²) in [7, 11) is 0. The molecule has 0 saturated heterocycles. The molecule has 60 valence electrons. The van der Waals surface area contributed by atoms with Gasteiger partial charge in [-0.3, -0.25) is 9.93 Å². The van der Waals surface area contributed by atoms with E-state index < -0.39 is 16.8 Å². The first-order chi connectivity index (χ1) is 4.41. The summed E-state index contributed by atoms with van der Waals surface area (Å²) in [6.07, 6.45) is 0. The van der Waals surface area contributed by atoms with E-state index in [0.29, 0.717) is 0 Å². The van der Waals surface area contributed by atoms with Crippen molar-refractivity contribution in [2.75, 3.05) is 0 Å². The molecule has 0 aromatic rings. The predicted molar refractivity (Wildman–Crippen MR) is 41.5 cm³/mol. The van der Waals surface area contributed by atoms with Gasteiger partial charge in [0.15, 0.2) is 0 Å². The molecule has 1 unspecified atom stereocenters. The largest absolute Gasteiger partial charge is 0.480 e. The van der Waals surface area contributed by atoms with Gasteiger partial charge < -0.3 is 10.8 Å². The zero-order valence-electron chi connectivity index (χ0n) is 6.00. The summed E-state index contributed by atoms with van der Waals surface area (Å²) in [5.74, 6) is -1.03. The Hall–Kier alpha value is -0.260. The van der Waals surface area contributed by atoms with E-state index in [1.165, 1.54) is 0 Å². The molecule has 1 atom stereocenters. The molecule has 5 heteroatoms. The Labute approximate surface area is 64.1 Å². The van der Waals surface area contributed by atoms with Crippen LogP contribution in [0, 0.1) is 0 Å². The first kappa shape index (κ1) is 9.74. The molecule has 0 spiro atoms. The van der Waals surface area contributed by atoms with Crippen molar-refractivity contribution in [3.05, 3.63) is 0 Å². The van der Waals surface area contributed by atoms with Crippen molar-refractivity contribution in [3.63, 3.8) is 0 Å². The average Bonchev–Trinajstić information content (AvgIpc) is 1.86. The maximum atomic E-state index is 10.3. The van der Waals surface area contributed by atoms with Crippen LogP contribution in [0.25, 0.3) is 0 Å². The smallest absolute Gasteiger partial charge is 0.321 e. The van der Waals surface area contributed by atoms with Crippen molar-refractivity contribution in [1.82, 2.24) is 0 Å². The fraction of sp³-hybridized carbons (Fsp3) is 0.800. The summed E-state index contributed by atoms with van der Waals surface area (Å²) >= 11 is 0.958. The first-order valence-corrected chi connectivity index (χ1v) is 3.66. The Morgan fingerprint density at radius 3 is 2.20 bits per heavy atom. The van der Waals surface area contributed by atoms with Gasteiger partial charge >= 0.3 is 5.97 Å². The molecule has 0 radical (unpaired) electrons. The van der Waals surface area contributed by atoms with Crippen LogP contribution in [0.1, 0.15) is 13.8 Å². The molecule has 0 bridgehead atoms. The number of hydrogen-bond acceptors (Lipinski definition) is 4. The minimum absolute atomic E-state index is 0.605. The van der Waals surface area contributed by atoms with Crippen molar-refractivity contribution < 1.29 is 9.90 Å². The quantitative estimate of drug-likeness (QED) is 0.502. The van der Waals surface area contributed by atoms with E-state index in [2.05, 4.69) is 0 Å². The van der Waals surface area contributed by atoms with Crippen LogP contribution in [0.3, 0.4) is 0 Å². The molecule has 0 heterocycles. The Morgan fingerprint density at radius 1 is 1.70 bits per heavy atom. The van der Waals surface area contributed by atoms with Gasteiger partial charge in [0.25, 0.3) is 0 Å². The molecule has 0 aliphatic rings. The lowest BCUT2D eigenvalue weighted by molar-refractivity contribution is -0.139. The number of aliphatic carboxylic acids is 1. The molecule has 0 rings (SSSR count). The molecule has 4 nitrogen and oxygen atoms in total. The molecular formula is C5H12N2O2S. The van der Waals surface area contributed by atoms with Crippen LogP contribution in [-0.2, 0) is 4.79 Å². The van der Waals surface area contributed by atoms with Crippen molar-refractivity contribution in [2.45, 2.75) is 24.6 Å². The lowest BCUT2D eigenvalue weighted by Crippen LogP contribution is -2.47. The molecule has 10 heavy (non-hydrogen) atoms. The van der Waals surface area contributed by atoms with Gasteiger partial charge in [-0.2, -0.15) is 0 Å². The van der Waals surface area contributed by atoms with E-state index in [4.69, 9.17) is 16.0 Å². The van der Waals surface area contributed by atoms with Crippen LogP contribution in [0.15, 0.2) is 0 Å². The van der Waals surface area contributed by atoms with E-state index in [1.54, 1.807) is 13.8 Å². The summed E-state index contributed by atoms with van der Waals surface area (Å²) in [4.78, 5) is 10.3. The standard InChI is InChI=1S/C5H12N2O2S/c1-5(2,10-7)3(6)4(8)9/h3H,6-7H2,1-2H3,(H,8,9). The number of hydrogen-bond donors (Lipinski definition) is 3.